The van der Waals surface area contributed by atoms with Crippen molar-refractivity contribution in [2.45, 2.75) is 224 Å². The van der Waals surface area contributed by atoms with E-state index in [9.17, 15) is 20.1 Å². The summed E-state index contributed by atoms with van der Waals surface area (Å²) < 4.78 is 12.8. The van der Waals surface area contributed by atoms with Crippen LogP contribution in [-0.2, 0) is 32.5 Å². The third-order valence-electron chi connectivity index (χ3n) is 15.0. The Balaban J connectivity index is 0.000000549. The van der Waals surface area contributed by atoms with Crippen LogP contribution in [0, 0.1) is 10.8 Å². The van der Waals surface area contributed by atoms with Crippen molar-refractivity contribution in [1.29, 1.82) is 0 Å². The molecule has 1 heterocycles. The van der Waals surface area contributed by atoms with Crippen LogP contribution in [-0.4, -0.2) is 40.3 Å². The molecule has 8 nitrogen and oxygen atoms in total. The minimum absolute atomic E-state index is 0.0331. The van der Waals surface area contributed by atoms with Crippen LogP contribution in [0.25, 0.3) is 0 Å². The molecule has 0 spiro atoms. The Labute approximate surface area is 599 Å². The quantitative estimate of drug-likeness (QED) is 0.121. The molecule has 0 saturated carbocycles. The summed E-state index contributed by atoms with van der Waals surface area (Å²) in [6.07, 6.45) is 4.37. The van der Waals surface area contributed by atoms with Gasteiger partial charge < -0.3 is 30.5 Å². The average Bonchev–Trinajstić information content (AvgIpc) is 0.872. The number of ketones is 1. The fourth-order valence-corrected chi connectivity index (χ4v) is 10.2. The molecule has 0 radical (unpaired) electrons. The average molecular weight is 1440 g/mol. The fraction of sp³-hybridized carbons (Fsp3) is 0.442. The second kappa shape index (κ2) is 39.1. The summed E-state index contributed by atoms with van der Waals surface area (Å²) in [6.45, 7) is 53.0. The second-order valence-electron chi connectivity index (χ2n) is 32.6. The molecule has 2 atom stereocenters. The lowest BCUT2D eigenvalue weighted by Gasteiger charge is -2.25. The van der Waals surface area contributed by atoms with Gasteiger partial charge in [0.2, 0.25) is 0 Å². The number of Topliss-reactive ketones (excluding diaryl/α,β-unsaturated/α-hetero) is 1. The number of phenolic OH excluding ortho intramolecular Hbond substituents is 2. The zero-order valence-corrected chi connectivity index (χ0v) is 66.9. The molecule has 2 unspecified atom stereocenters. The van der Waals surface area contributed by atoms with Gasteiger partial charge in [-0.2, -0.15) is 0 Å². The summed E-state index contributed by atoms with van der Waals surface area (Å²) in [6, 6.07) is 59.2. The molecule has 7 aromatic carbocycles. The largest absolute Gasteiger partial charge is 0.508 e. The molecule has 10 heteroatoms. The molecule has 8 aromatic rings. The summed E-state index contributed by atoms with van der Waals surface area (Å²) in [5, 5.41) is 28.5. The molecule has 96 heavy (non-hydrogen) atoms. The molecule has 0 aliphatic heterocycles. The molecule has 0 amide bonds. The van der Waals surface area contributed by atoms with E-state index < -0.39 is 0 Å². The van der Waals surface area contributed by atoms with Crippen molar-refractivity contribution in [3.63, 3.8) is 0 Å². The summed E-state index contributed by atoms with van der Waals surface area (Å²) in [7, 11) is 3.41. The van der Waals surface area contributed by atoms with E-state index in [1.165, 1.54) is 22.3 Å². The van der Waals surface area contributed by atoms with Gasteiger partial charge in [0.1, 0.15) is 23.0 Å². The van der Waals surface area contributed by atoms with Gasteiger partial charge in [-0.15, -0.1) is 0 Å². The Hall–Kier alpha value is -6.56. The van der Waals surface area contributed by atoms with Crippen molar-refractivity contribution in [3.8, 4) is 23.0 Å². The predicted octanol–water partition coefficient (Wildman–Crippen LogP) is 24.3. The van der Waals surface area contributed by atoms with Crippen molar-refractivity contribution in [1.82, 2.24) is 4.98 Å². The molecule has 0 fully saturated rings. The van der Waals surface area contributed by atoms with Crippen LogP contribution < -0.4 is 15.2 Å². The number of rotatable bonds is 6. The Bertz CT molecular complexity index is 3490. The molecule has 5 N–H and O–H groups in total. The van der Waals surface area contributed by atoms with Gasteiger partial charge in [0.05, 0.1) is 20.3 Å². The number of aliphatic hydroxyl groups excluding tert-OH is 1. The molecule has 0 aliphatic carbocycles. The van der Waals surface area contributed by atoms with Gasteiger partial charge in [0.25, 0.3) is 0 Å². The number of pyridine rings is 1. The maximum Gasteiger partial charge on any atom is 0.160 e. The van der Waals surface area contributed by atoms with E-state index in [2.05, 4.69) is 213 Å². The summed E-state index contributed by atoms with van der Waals surface area (Å²) in [5.74, 6) is 2.78. The smallest absolute Gasteiger partial charge is 0.160 e. The Kier molecular flexibility index (Phi) is 35.7. The van der Waals surface area contributed by atoms with Gasteiger partial charge in [-0.25, -0.2) is 0 Å². The zero-order chi connectivity index (χ0) is 73.8. The SMILES string of the molecule is CC(=O)c1ccccc1C(C)(C)C.CC(C)(C)C(O)c1ccccc1.CC(C)(C)CC(N)c1ccccc1.CC(C)(C)c1cccc(O)c1.CC(C)(C)c1ccccc1O.CC(C)(C)c1cccnc1.COc1cc(Br)ccc1C(C)(C)C.COc1ccc(Br)cc1C(C)(C)C. The van der Waals surface area contributed by atoms with Gasteiger partial charge >= 0.3 is 0 Å². The maximum absolute atomic E-state index is 11.3. The number of methoxy groups -OCH3 is 2. The number of aromatic nitrogens is 1. The number of carbonyl (C=O) groups excluding carboxylic acids is 1. The van der Waals surface area contributed by atoms with E-state index in [1.807, 2.05) is 160 Å². The first-order chi connectivity index (χ1) is 43.9. The Morgan fingerprint density at radius 1 is 0.448 bits per heavy atom. The van der Waals surface area contributed by atoms with Crippen LogP contribution in [0.5, 0.6) is 23.0 Å². The predicted molar refractivity (Wildman–Crippen MR) is 419 cm³/mol. The molecule has 0 saturated heterocycles. The highest BCUT2D eigenvalue weighted by molar-refractivity contribution is 9.10. The van der Waals surface area contributed by atoms with E-state index in [0.717, 1.165) is 54.7 Å². The van der Waals surface area contributed by atoms with Crippen molar-refractivity contribution in [3.05, 3.63) is 253 Å². The number of para-hydroxylation sites is 1. The summed E-state index contributed by atoms with van der Waals surface area (Å²) in [4.78, 5) is 15.4. The van der Waals surface area contributed by atoms with Crippen LogP contribution in [0.2, 0.25) is 0 Å². The molecule has 526 valence electrons. The number of halogens is 2. The van der Waals surface area contributed by atoms with Crippen LogP contribution in [0.1, 0.15) is 247 Å². The third kappa shape index (κ3) is 34.1. The van der Waals surface area contributed by atoms with E-state index in [4.69, 9.17) is 15.2 Å². The van der Waals surface area contributed by atoms with E-state index in [1.54, 1.807) is 45.5 Å². The lowest BCUT2D eigenvalue weighted by atomic mass is 9.83. The Morgan fingerprint density at radius 2 is 0.885 bits per heavy atom. The van der Waals surface area contributed by atoms with Crippen molar-refractivity contribution < 1.29 is 29.6 Å². The van der Waals surface area contributed by atoms with Gasteiger partial charge in [-0.05, 0) is 150 Å². The van der Waals surface area contributed by atoms with E-state index in [0.29, 0.717) is 16.9 Å². The highest BCUT2D eigenvalue weighted by atomic mass is 79.9. The molecule has 0 aliphatic rings. The van der Waals surface area contributed by atoms with Gasteiger partial charge in [-0.3, -0.25) is 9.78 Å². The minimum atomic E-state index is -0.376. The number of carbonyl (C=O) groups is 1. The van der Waals surface area contributed by atoms with Crippen LogP contribution >= 0.6 is 31.9 Å². The topological polar surface area (TPSA) is 135 Å². The molecular weight excluding hydrogens is 1320 g/mol. The lowest BCUT2D eigenvalue weighted by molar-refractivity contribution is 0.0627. The van der Waals surface area contributed by atoms with Gasteiger partial charge in [0, 0.05) is 38.5 Å². The first-order valence-corrected chi connectivity index (χ1v) is 34.8. The van der Waals surface area contributed by atoms with Crippen LogP contribution in [0.4, 0.5) is 0 Å². The third-order valence-corrected chi connectivity index (χ3v) is 16.0. The first-order valence-electron chi connectivity index (χ1n) is 33.3. The number of ether oxygens (including phenoxy) is 2. The summed E-state index contributed by atoms with van der Waals surface area (Å²) >= 11 is 6.89. The number of phenols is 2. The number of benzene rings is 7. The van der Waals surface area contributed by atoms with E-state index >= 15 is 0 Å². The van der Waals surface area contributed by atoms with Gasteiger partial charge in [-0.1, -0.05) is 325 Å². The molecular formula is C86H122Br2N2O6. The summed E-state index contributed by atoms with van der Waals surface area (Å²) in [5.41, 5.74) is 17.1. The number of aromatic hydroxyl groups is 2. The fourth-order valence-electron chi connectivity index (χ4n) is 9.49. The second-order valence-corrected chi connectivity index (χ2v) is 34.4. The van der Waals surface area contributed by atoms with Crippen LogP contribution in [0.3, 0.4) is 0 Å². The van der Waals surface area contributed by atoms with E-state index in [-0.39, 0.29) is 55.8 Å². The number of nitrogens with zero attached hydrogens (tertiary/aromatic N) is 1. The molecule has 0 bridgehead atoms. The van der Waals surface area contributed by atoms with Gasteiger partial charge in [0.15, 0.2) is 5.78 Å². The minimum Gasteiger partial charge on any atom is -0.508 e. The number of nitrogens with two attached hydrogens (primary N) is 1. The number of hydrogen-bond acceptors (Lipinski definition) is 8. The van der Waals surface area contributed by atoms with Crippen molar-refractivity contribution in [2.75, 3.05) is 14.2 Å². The number of hydrogen-bond donors (Lipinski definition) is 4. The normalized spacial score (nSPS) is 12.2. The highest BCUT2D eigenvalue weighted by Crippen LogP contribution is 2.36. The first kappa shape index (κ1) is 87.5. The van der Waals surface area contributed by atoms with Crippen molar-refractivity contribution in [2.24, 2.45) is 16.6 Å². The zero-order valence-electron chi connectivity index (χ0n) is 63.7. The molecule has 8 rings (SSSR count). The standard InChI is InChI=1S/C12H19N.C12H16O.2C11H15BrO.C11H16O.2C10H14O.C9H13N/c1-12(2,3)9-11(13)10-7-5-4-6-8-10;1-9(13)10-7-5-6-8-11(10)12(2,3)4;1-11(2,3)9-7-8(12)5-6-10(9)13-4;1-11(2,3)9-6-5-8(12)7-10(9)13-4;1-11(2,3)10(12)9-7-5-4-6-8-9;1-10(2,3)8-5-4-6-9(11)7-8;1-10(2,3)8-6-4-5-7-9(8)11;1-9(2,3)8-5-4-6-10-7-8/h4-8,11H,9,13H2,1-3H3;5-8H,1-4H3;2*5-7H,1-4H3;4-8,10,12H,1-3H3;2*4-7,11H,1-3H3;4-7H,1-3H3. The number of aliphatic hydroxyl groups is 1. The lowest BCUT2D eigenvalue weighted by Crippen LogP contribution is -2.18. The van der Waals surface area contributed by atoms with Crippen LogP contribution in [0.15, 0.2) is 203 Å². The Morgan fingerprint density at radius 3 is 1.26 bits per heavy atom. The van der Waals surface area contributed by atoms with Crippen molar-refractivity contribution >= 4 is 37.6 Å². The maximum atomic E-state index is 11.3. The molecule has 1 aromatic heterocycles. The monoisotopic (exact) mass is 1440 g/mol. The highest BCUT2D eigenvalue weighted by Gasteiger charge is 2.25.